The molecular formula is C28H23N5O6. The lowest BCUT2D eigenvalue weighted by molar-refractivity contribution is -0.137. The number of urea groups is 1. The van der Waals surface area contributed by atoms with Crippen molar-refractivity contribution < 1.29 is 28.4 Å². The number of amides is 4. The van der Waals surface area contributed by atoms with Gasteiger partial charge < -0.3 is 18.9 Å². The summed E-state index contributed by atoms with van der Waals surface area (Å²) >= 11 is 0. The minimum atomic E-state index is -1.47. The van der Waals surface area contributed by atoms with Crippen LogP contribution in [0.25, 0.3) is 22.6 Å². The Hall–Kier alpha value is -5.19. The van der Waals surface area contributed by atoms with E-state index in [2.05, 4.69) is 20.8 Å². The van der Waals surface area contributed by atoms with Gasteiger partial charge in [-0.15, -0.1) is 0 Å². The van der Waals surface area contributed by atoms with Crippen molar-refractivity contribution in [2.45, 2.75) is 18.4 Å². The molecule has 4 aromatic rings. The minimum Gasteiger partial charge on any atom is -0.497 e. The quantitative estimate of drug-likeness (QED) is 0.359. The van der Waals surface area contributed by atoms with Crippen molar-refractivity contribution in [2.24, 2.45) is 0 Å². The fourth-order valence-electron chi connectivity index (χ4n) is 4.90. The number of methoxy groups -OCH3 is 1. The fourth-order valence-corrected chi connectivity index (χ4v) is 4.90. The zero-order valence-electron chi connectivity index (χ0n) is 20.8. The van der Waals surface area contributed by atoms with Gasteiger partial charge >= 0.3 is 6.03 Å². The molecule has 0 aliphatic carbocycles. The van der Waals surface area contributed by atoms with Crippen LogP contribution in [-0.2, 0) is 9.59 Å². The molecule has 1 spiro atoms. The second-order valence-electron chi connectivity index (χ2n) is 9.14. The highest BCUT2D eigenvalue weighted by Crippen LogP contribution is 2.36. The third-order valence-electron chi connectivity index (χ3n) is 6.88. The molecular weight excluding hydrogens is 502 g/mol. The van der Waals surface area contributed by atoms with Gasteiger partial charge in [0.15, 0.2) is 11.3 Å². The van der Waals surface area contributed by atoms with E-state index < -0.39 is 23.4 Å². The molecule has 0 saturated carbocycles. The van der Waals surface area contributed by atoms with Gasteiger partial charge in [-0.2, -0.15) is 0 Å². The van der Waals surface area contributed by atoms with Crippen molar-refractivity contribution in [3.05, 3.63) is 72.9 Å². The SMILES string of the molecule is COc1ccc(-c2cc(-c3ccc(Oc4ccc(N5CCCC56C(=O)NC(=O)NC6=O)cn4)cc3)no2)cc1. The second kappa shape index (κ2) is 9.60. The van der Waals surface area contributed by atoms with Crippen molar-refractivity contribution in [1.82, 2.24) is 20.8 Å². The van der Waals surface area contributed by atoms with Gasteiger partial charge in [-0.1, -0.05) is 5.16 Å². The second-order valence-corrected chi connectivity index (χ2v) is 9.14. The van der Waals surface area contributed by atoms with Gasteiger partial charge in [0.05, 0.1) is 19.0 Å². The van der Waals surface area contributed by atoms with E-state index >= 15 is 0 Å². The number of anilines is 1. The van der Waals surface area contributed by atoms with Crippen LogP contribution in [0.5, 0.6) is 17.4 Å². The average Bonchev–Trinajstić information content (AvgIpc) is 3.62. The summed E-state index contributed by atoms with van der Waals surface area (Å²) in [7, 11) is 1.62. The molecule has 2 aromatic carbocycles. The highest BCUT2D eigenvalue weighted by molar-refractivity contribution is 6.24. The van der Waals surface area contributed by atoms with Gasteiger partial charge in [0, 0.05) is 29.8 Å². The number of nitrogens with one attached hydrogen (secondary N) is 2. The van der Waals surface area contributed by atoms with Gasteiger partial charge in [0.25, 0.3) is 11.8 Å². The van der Waals surface area contributed by atoms with Gasteiger partial charge in [-0.05, 0) is 67.4 Å². The van der Waals surface area contributed by atoms with E-state index in [9.17, 15) is 14.4 Å². The van der Waals surface area contributed by atoms with Gasteiger partial charge in [-0.3, -0.25) is 20.2 Å². The van der Waals surface area contributed by atoms with Gasteiger partial charge in [0.1, 0.15) is 17.2 Å². The van der Waals surface area contributed by atoms with Crippen molar-refractivity contribution in [1.29, 1.82) is 0 Å². The molecule has 2 saturated heterocycles. The summed E-state index contributed by atoms with van der Waals surface area (Å²) in [4.78, 5) is 42.9. The summed E-state index contributed by atoms with van der Waals surface area (Å²) in [5.41, 5.74) is 1.54. The monoisotopic (exact) mass is 525 g/mol. The Bertz CT molecular complexity index is 1530. The first-order chi connectivity index (χ1) is 19.0. The third-order valence-corrected chi connectivity index (χ3v) is 6.88. The predicted octanol–water partition coefficient (Wildman–Crippen LogP) is 3.91. The summed E-state index contributed by atoms with van der Waals surface area (Å²) in [6.45, 7) is 0.473. The molecule has 4 heterocycles. The van der Waals surface area contributed by atoms with Crippen molar-refractivity contribution >= 4 is 23.5 Å². The maximum Gasteiger partial charge on any atom is 0.328 e. The van der Waals surface area contributed by atoms with Crippen LogP contribution < -0.4 is 25.0 Å². The molecule has 4 amide bonds. The number of hydrogen-bond donors (Lipinski definition) is 2. The Balaban J connectivity index is 1.14. The molecule has 11 heteroatoms. The number of imide groups is 2. The van der Waals surface area contributed by atoms with Crippen LogP contribution in [0.1, 0.15) is 12.8 Å². The van der Waals surface area contributed by atoms with Crippen molar-refractivity contribution in [3.8, 4) is 40.0 Å². The number of benzene rings is 2. The molecule has 196 valence electrons. The van der Waals surface area contributed by atoms with Crippen LogP contribution >= 0.6 is 0 Å². The molecule has 0 radical (unpaired) electrons. The van der Waals surface area contributed by atoms with E-state index in [4.69, 9.17) is 14.0 Å². The average molecular weight is 526 g/mol. The number of carbonyl (C=O) groups is 3. The Labute approximate surface area is 222 Å². The first-order valence-corrected chi connectivity index (χ1v) is 12.3. The highest BCUT2D eigenvalue weighted by atomic mass is 16.5. The molecule has 2 aliphatic rings. The molecule has 2 N–H and O–H groups in total. The normalized spacial score (nSPS) is 16.2. The van der Waals surface area contributed by atoms with Crippen molar-refractivity contribution in [3.63, 3.8) is 0 Å². The molecule has 6 rings (SSSR count). The Morgan fingerprint density at radius 1 is 0.897 bits per heavy atom. The number of ether oxygens (including phenoxy) is 2. The molecule has 2 fully saturated rings. The fraction of sp³-hybridized carbons (Fsp3) is 0.179. The summed E-state index contributed by atoms with van der Waals surface area (Å²) in [5, 5.41) is 8.59. The largest absolute Gasteiger partial charge is 0.497 e. The topological polar surface area (TPSA) is 136 Å². The van der Waals surface area contributed by atoms with Crippen LogP contribution in [0.15, 0.2) is 77.4 Å². The van der Waals surface area contributed by atoms with E-state index in [0.29, 0.717) is 48.2 Å². The molecule has 0 atom stereocenters. The van der Waals surface area contributed by atoms with Crippen LogP contribution in [-0.4, -0.2) is 47.2 Å². The van der Waals surface area contributed by atoms with Gasteiger partial charge in [-0.25, -0.2) is 9.78 Å². The van der Waals surface area contributed by atoms with Gasteiger partial charge in [0.2, 0.25) is 5.88 Å². The number of aromatic nitrogens is 2. The van der Waals surface area contributed by atoms with E-state index in [-0.39, 0.29) is 0 Å². The zero-order valence-corrected chi connectivity index (χ0v) is 20.8. The van der Waals surface area contributed by atoms with Crippen LogP contribution in [0, 0.1) is 0 Å². The molecule has 2 aliphatic heterocycles. The molecule has 2 aromatic heterocycles. The van der Waals surface area contributed by atoms with E-state index in [1.165, 1.54) is 0 Å². The lowest BCUT2D eigenvalue weighted by atomic mass is 9.92. The standard InChI is InChI=1S/C28H23N5O6/c1-37-20-8-5-18(6-9-20)23-15-22(32-39-23)17-3-10-21(11-4-17)38-24-12-7-19(16-29-24)33-14-2-13-28(33)25(34)30-27(36)31-26(28)35/h3-12,15-16H,2,13-14H2,1H3,(H2,30,31,34,35,36). The molecule has 0 unspecified atom stereocenters. The summed E-state index contributed by atoms with van der Waals surface area (Å²) in [5.74, 6) is 1.07. The summed E-state index contributed by atoms with van der Waals surface area (Å²) in [6, 6.07) is 19.3. The van der Waals surface area contributed by atoms with E-state index in [0.717, 1.165) is 16.9 Å². The third kappa shape index (κ3) is 4.33. The summed E-state index contributed by atoms with van der Waals surface area (Å²) in [6.07, 6.45) is 2.46. The maximum atomic E-state index is 12.7. The lowest BCUT2D eigenvalue weighted by Gasteiger charge is -2.38. The molecule has 0 bridgehead atoms. The summed E-state index contributed by atoms with van der Waals surface area (Å²) < 4.78 is 16.6. The predicted molar refractivity (Wildman–Crippen MR) is 139 cm³/mol. The van der Waals surface area contributed by atoms with Crippen LogP contribution in [0.3, 0.4) is 0 Å². The zero-order chi connectivity index (χ0) is 27.0. The van der Waals surface area contributed by atoms with E-state index in [1.807, 2.05) is 42.5 Å². The Kier molecular flexibility index (Phi) is 5.95. The molecule has 39 heavy (non-hydrogen) atoms. The number of nitrogens with zero attached hydrogens (tertiary/aromatic N) is 3. The number of pyridine rings is 1. The van der Waals surface area contributed by atoms with Crippen molar-refractivity contribution in [2.75, 3.05) is 18.6 Å². The Morgan fingerprint density at radius 3 is 2.26 bits per heavy atom. The van der Waals surface area contributed by atoms with Crippen LogP contribution in [0.2, 0.25) is 0 Å². The van der Waals surface area contributed by atoms with Crippen LogP contribution in [0.4, 0.5) is 10.5 Å². The first-order valence-electron chi connectivity index (χ1n) is 12.3. The highest BCUT2D eigenvalue weighted by Gasteiger charge is 2.57. The smallest absolute Gasteiger partial charge is 0.328 e. The number of carbonyl (C=O) groups excluding carboxylic acids is 3. The Morgan fingerprint density at radius 2 is 1.59 bits per heavy atom. The lowest BCUT2D eigenvalue weighted by Crippen LogP contribution is -2.71. The first kappa shape index (κ1) is 24.2. The maximum absolute atomic E-state index is 12.7. The number of rotatable bonds is 6. The molecule has 11 nitrogen and oxygen atoms in total. The van der Waals surface area contributed by atoms with E-state index in [1.54, 1.807) is 42.5 Å². The number of hydrogen-bond acceptors (Lipinski definition) is 9. The minimum absolute atomic E-state index is 0.301. The number of barbiturate groups is 1.